The van der Waals surface area contributed by atoms with Gasteiger partial charge in [-0.15, -0.1) is 4.68 Å². The summed E-state index contributed by atoms with van der Waals surface area (Å²) < 4.78 is 1.35. The topological polar surface area (TPSA) is 91.7 Å². The van der Waals surface area contributed by atoms with Gasteiger partial charge in [-0.1, -0.05) is 42.5 Å². The number of hydrogen-bond acceptors (Lipinski definition) is 4. The molecule has 108 valence electrons. The van der Waals surface area contributed by atoms with E-state index < -0.39 is 0 Å². The van der Waals surface area contributed by atoms with Crippen LogP contribution in [0.1, 0.15) is 11.1 Å². The molecular weight excluding hydrogens is 274 g/mol. The molecule has 0 atom stereocenters. The van der Waals surface area contributed by atoms with Crippen LogP contribution in [0.5, 0.6) is 0 Å². The van der Waals surface area contributed by atoms with Crippen molar-refractivity contribution in [3.05, 3.63) is 65.7 Å². The highest BCUT2D eigenvalue weighted by molar-refractivity contribution is 5.94. The summed E-state index contributed by atoms with van der Waals surface area (Å²) in [6, 6.07) is 19.7. The van der Waals surface area contributed by atoms with Gasteiger partial charge in [-0.25, -0.2) is 0 Å². The van der Waals surface area contributed by atoms with Gasteiger partial charge in [-0.2, -0.15) is 5.26 Å². The van der Waals surface area contributed by atoms with Crippen LogP contribution in [0.15, 0.2) is 54.6 Å². The molecule has 0 saturated carbocycles. The Kier molecular flexibility index (Phi) is 3.50. The molecule has 22 heavy (non-hydrogen) atoms. The fourth-order valence-corrected chi connectivity index (χ4v) is 2.49. The van der Waals surface area contributed by atoms with Crippen molar-refractivity contribution in [1.82, 2.24) is 0 Å². The van der Waals surface area contributed by atoms with Crippen molar-refractivity contribution in [2.45, 2.75) is 6.54 Å². The predicted octanol–water partition coefficient (Wildman–Crippen LogP) is 1.91. The van der Waals surface area contributed by atoms with Gasteiger partial charge in [-0.05, 0) is 17.7 Å². The summed E-state index contributed by atoms with van der Waals surface area (Å²) in [5.41, 5.74) is 8.97. The fourth-order valence-electron chi connectivity index (χ4n) is 2.49. The van der Waals surface area contributed by atoms with E-state index in [0.717, 1.165) is 16.5 Å². The molecule has 2 aromatic carbocycles. The van der Waals surface area contributed by atoms with Crippen LogP contribution < -0.4 is 21.6 Å². The van der Waals surface area contributed by atoms with E-state index in [0.29, 0.717) is 17.8 Å². The molecule has 3 aromatic rings. The Morgan fingerprint density at radius 3 is 2.45 bits per heavy atom. The van der Waals surface area contributed by atoms with Crippen molar-refractivity contribution in [3.63, 3.8) is 0 Å². The van der Waals surface area contributed by atoms with E-state index in [9.17, 15) is 5.26 Å². The van der Waals surface area contributed by atoms with Crippen molar-refractivity contribution in [1.29, 1.82) is 5.26 Å². The third-order valence-corrected chi connectivity index (χ3v) is 3.62. The van der Waals surface area contributed by atoms with E-state index in [1.165, 1.54) is 4.68 Å². The predicted molar refractivity (Wildman–Crippen MR) is 87.2 cm³/mol. The maximum atomic E-state index is 9.44. The van der Waals surface area contributed by atoms with Gasteiger partial charge in [0, 0.05) is 11.9 Å². The Labute approximate surface area is 128 Å². The number of nitrogens with one attached hydrogen (secondary N) is 1. The van der Waals surface area contributed by atoms with Crippen LogP contribution in [0.25, 0.3) is 10.9 Å². The zero-order valence-corrected chi connectivity index (χ0v) is 12.0. The van der Waals surface area contributed by atoms with Crippen LogP contribution in [0.2, 0.25) is 0 Å². The molecule has 3 rings (SSSR count). The van der Waals surface area contributed by atoms with Gasteiger partial charge in [0.1, 0.15) is 6.07 Å². The first kappa shape index (κ1) is 13.7. The monoisotopic (exact) mass is 290 g/mol. The molecule has 1 heterocycles. The minimum atomic E-state index is 0.247. The van der Waals surface area contributed by atoms with E-state index in [1.807, 2.05) is 54.6 Å². The van der Waals surface area contributed by atoms with E-state index in [-0.39, 0.29) is 5.82 Å². The maximum Gasteiger partial charge on any atom is 0.316 e. The van der Waals surface area contributed by atoms with Crippen molar-refractivity contribution in [2.75, 3.05) is 16.9 Å². The number of anilines is 2. The van der Waals surface area contributed by atoms with E-state index >= 15 is 0 Å². The van der Waals surface area contributed by atoms with Gasteiger partial charge in [0.25, 0.3) is 0 Å². The molecule has 0 saturated heterocycles. The molecule has 0 radical (unpaired) electrons. The third kappa shape index (κ3) is 2.27. The average Bonchev–Trinajstić information content (AvgIpc) is 2.57. The molecule has 0 amide bonds. The highest BCUT2D eigenvalue weighted by atomic mass is 15.3. The Morgan fingerprint density at radius 2 is 1.73 bits per heavy atom. The Morgan fingerprint density at radius 1 is 1.05 bits per heavy atom. The number of nitrogens with two attached hydrogens (primary N) is 2. The minimum Gasteiger partial charge on any atom is -0.379 e. The van der Waals surface area contributed by atoms with Gasteiger partial charge in [-0.3, -0.25) is 11.6 Å². The first-order chi connectivity index (χ1) is 10.7. The van der Waals surface area contributed by atoms with Gasteiger partial charge >= 0.3 is 5.82 Å². The number of hydrogen-bond donors (Lipinski definition) is 3. The quantitative estimate of drug-likeness (QED) is 0.507. The lowest BCUT2D eigenvalue weighted by molar-refractivity contribution is -0.596. The molecule has 0 aliphatic heterocycles. The van der Waals surface area contributed by atoms with Crippen molar-refractivity contribution in [3.8, 4) is 6.07 Å². The summed E-state index contributed by atoms with van der Waals surface area (Å²) in [6.07, 6.45) is 0. The Balaban J connectivity index is 2.11. The molecule has 5 N–H and O–H groups in total. The Hall–Kier alpha value is -3.26. The second-order valence-corrected chi connectivity index (χ2v) is 4.97. The lowest BCUT2D eigenvalue weighted by Gasteiger charge is -2.13. The zero-order chi connectivity index (χ0) is 15.5. The highest BCUT2D eigenvalue weighted by Gasteiger charge is 2.20. The van der Waals surface area contributed by atoms with Gasteiger partial charge in [0.15, 0.2) is 11.1 Å². The summed E-state index contributed by atoms with van der Waals surface area (Å²) >= 11 is 0. The normalized spacial score (nSPS) is 10.3. The van der Waals surface area contributed by atoms with E-state index in [1.54, 1.807) is 0 Å². The summed E-state index contributed by atoms with van der Waals surface area (Å²) in [5.74, 6) is 6.23. The number of pyridine rings is 1. The number of nitrogen functional groups attached to an aromatic ring is 2. The number of fused-ring (bicyclic) bond motifs is 1. The summed E-state index contributed by atoms with van der Waals surface area (Å²) in [7, 11) is 0. The van der Waals surface area contributed by atoms with Crippen LogP contribution in [-0.4, -0.2) is 0 Å². The lowest BCUT2D eigenvalue weighted by atomic mass is 10.1. The summed E-state index contributed by atoms with van der Waals surface area (Å²) in [5, 5.41) is 13.6. The van der Waals surface area contributed by atoms with Crippen LogP contribution in [0.4, 0.5) is 11.5 Å². The molecule has 0 unspecified atom stereocenters. The van der Waals surface area contributed by atoms with Gasteiger partial charge < -0.3 is 5.32 Å². The molecule has 5 heteroatoms. The van der Waals surface area contributed by atoms with Crippen LogP contribution in [-0.2, 0) is 6.54 Å². The third-order valence-electron chi connectivity index (χ3n) is 3.62. The summed E-state index contributed by atoms with van der Waals surface area (Å²) in [6.45, 7) is 0.605. The largest absolute Gasteiger partial charge is 0.379 e. The van der Waals surface area contributed by atoms with Crippen LogP contribution >= 0.6 is 0 Å². The van der Waals surface area contributed by atoms with Crippen molar-refractivity contribution in [2.24, 2.45) is 0 Å². The SMILES string of the molecule is N#Cc1c(NCc2ccccc2)c2ccccc2[n+](N)c1N. The molecule has 0 fully saturated rings. The molecular formula is C17H16N5+. The molecule has 0 aliphatic carbocycles. The van der Waals surface area contributed by atoms with E-state index in [2.05, 4.69) is 11.4 Å². The van der Waals surface area contributed by atoms with Gasteiger partial charge in [0.2, 0.25) is 0 Å². The number of para-hydroxylation sites is 1. The number of nitrogens with zero attached hydrogens (tertiary/aromatic N) is 2. The molecule has 0 spiro atoms. The van der Waals surface area contributed by atoms with E-state index in [4.69, 9.17) is 11.6 Å². The second kappa shape index (κ2) is 5.62. The molecule has 0 bridgehead atoms. The number of aromatic nitrogens is 1. The van der Waals surface area contributed by atoms with Gasteiger partial charge in [0.05, 0.1) is 5.69 Å². The second-order valence-electron chi connectivity index (χ2n) is 4.97. The number of nitriles is 1. The van der Waals surface area contributed by atoms with Crippen LogP contribution in [0, 0.1) is 11.3 Å². The molecule has 5 nitrogen and oxygen atoms in total. The lowest BCUT2D eigenvalue weighted by Crippen LogP contribution is -2.48. The average molecular weight is 290 g/mol. The molecule has 1 aromatic heterocycles. The smallest absolute Gasteiger partial charge is 0.316 e. The first-order valence-electron chi connectivity index (χ1n) is 6.91. The fraction of sp³-hybridized carbons (Fsp3) is 0.0588. The standard InChI is InChI=1S/C17H15N5/c18-10-14-16(21-11-12-6-2-1-3-7-12)13-8-4-5-9-15(13)22(20)17(14)19/h1-9H,11,20H2,(H2,19,21)/p+1. The summed E-state index contributed by atoms with van der Waals surface area (Å²) in [4.78, 5) is 0. The minimum absolute atomic E-state index is 0.247. The Bertz CT molecular complexity index is 866. The van der Waals surface area contributed by atoms with Crippen LogP contribution in [0.3, 0.4) is 0 Å². The van der Waals surface area contributed by atoms with Crippen molar-refractivity contribution < 1.29 is 4.68 Å². The van der Waals surface area contributed by atoms with Crippen molar-refractivity contribution >= 4 is 22.4 Å². The number of benzene rings is 2. The number of rotatable bonds is 3. The zero-order valence-electron chi connectivity index (χ0n) is 12.0. The maximum absolute atomic E-state index is 9.44. The molecule has 0 aliphatic rings. The highest BCUT2D eigenvalue weighted by Crippen LogP contribution is 2.28. The first-order valence-corrected chi connectivity index (χ1v) is 6.91.